The summed E-state index contributed by atoms with van der Waals surface area (Å²) in [6.07, 6.45) is 3.15. The zero-order valence-corrected chi connectivity index (χ0v) is 11.6. The molecule has 0 saturated carbocycles. The topological polar surface area (TPSA) is 35.5 Å². The van der Waals surface area contributed by atoms with Crippen molar-refractivity contribution in [1.82, 2.24) is 0 Å². The maximum absolute atomic E-state index is 12.0. The summed E-state index contributed by atoms with van der Waals surface area (Å²) >= 11 is 0. The lowest BCUT2D eigenvalue weighted by atomic mass is 10.1. The number of hydrogen-bond donors (Lipinski definition) is 0. The van der Waals surface area contributed by atoms with Crippen LogP contribution < -0.4 is 0 Å². The molecule has 3 rings (SSSR count). The average Bonchev–Trinajstić information content (AvgIpc) is 3.08. The maximum atomic E-state index is 12.0. The lowest BCUT2D eigenvalue weighted by Crippen LogP contribution is -1.97. The van der Waals surface area contributed by atoms with E-state index in [4.69, 9.17) is 9.47 Å². The lowest BCUT2D eigenvalue weighted by Gasteiger charge is -2.08. The third-order valence-electron chi connectivity index (χ3n) is 3.32. The van der Waals surface area contributed by atoms with Gasteiger partial charge in [0.15, 0.2) is 12.1 Å². The molecule has 2 aromatic carbocycles. The molecular formula is C18H16O3. The van der Waals surface area contributed by atoms with Gasteiger partial charge in [0.1, 0.15) is 0 Å². The molecule has 0 spiro atoms. The van der Waals surface area contributed by atoms with Crippen LogP contribution in [0.2, 0.25) is 0 Å². The zero-order valence-electron chi connectivity index (χ0n) is 11.6. The first kappa shape index (κ1) is 13.7. The second kappa shape index (κ2) is 6.48. The van der Waals surface area contributed by atoms with Crippen LogP contribution in [0, 0.1) is 0 Å². The van der Waals surface area contributed by atoms with Gasteiger partial charge >= 0.3 is 0 Å². The number of ketones is 1. The van der Waals surface area contributed by atoms with E-state index in [9.17, 15) is 4.79 Å². The standard InChI is InChI=1S/C18H16O3/c19-17(15-4-2-1-3-5-15)11-8-14-6-9-16(10-7-14)18-20-12-13-21-18/h1-11,18H,12-13H2/b11-8-. The molecule has 0 bridgehead atoms. The van der Waals surface area contributed by atoms with E-state index in [1.165, 1.54) is 0 Å². The van der Waals surface area contributed by atoms with Crippen molar-refractivity contribution in [1.29, 1.82) is 0 Å². The molecule has 0 unspecified atom stereocenters. The number of carbonyl (C=O) groups excluding carboxylic acids is 1. The predicted molar refractivity (Wildman–Crippen MR) is 80.9 cm³/mol. The normalized spacial score (nSPS) is 15.6. The predicted octanol–water partition coefficient (Wildman–Crippen LogP) is 3.63. The summed E-state index contributed by atoms with van der Waals surface area (Å²) in [6, 6.07) is 17.1. The largest absolute Gasteiger partial charge is 0.346 e. The van der Waals surface area contributed by atoms with Gasteiger partial charge < -0.3 is 9.47 Å². The lowest BCUT2D eigenvalue weighted by molar-refractivity contribution is -0.0441. The minimum Gasteiger partial charge on any atom is -0.346 e. The summed E-state index contributed by atoms with van der Waals surface area (Å²) in [5.74, 6) is 0.00198. The van der Waals surface area contributed by atoms with E-state index in [0.29, 0.717) is 18.8 Å². The fraction of sp³-hybridized carbons (Fsp3) is 0.167. The van der Waals surface area contributed by atoms with E-state index in [1.807, 2.05) is 60.7 Å². The summed E-state index contributed by atoms with van der Waals surface area (Å²) < 4.78 is 10.9. The van der Waals surface area contributed by atoms with Gasteiger partial charge in [-0.1, -0.05) is 60.7 Å². The molecule has 21 heavy (non-hydrogen) atoms. The highest BCUT2D eigenvalue weighted by Gasteiger charge is 2.17. The van der Waals surface area contributed by atoms with Crippen LogP contribution >= 0.6 is 0 Å². The van der Waals surface area contributed by atoms with Crippen LogP contribution in [-0.4, -0.2) is 19.0 Å². The van der Waals surface area contributed by atoms with Gasteiger partial charge in [0.25, 0.3) is 0 Å². The molecule has 3 heteroatoms. The molecule has 0 aliphatic carbocycles. The minimum atomic E-state index is -0.256. The SMILES string of the molecule is O=C(/C=C\c1ccc(C2OCCO2)cc1)c1ccccc1. The van der Waals surface area contributed by atoms with Gasteiger partial charge in [0.2, 0.25) is 0 Å². The summed E-state index contributed by atoms with van der Waals surface area (Å²) in [6.45, 7) is 1.27. The van der Waals surface area contributed by atoms with Crippen LogP contribution in [0.4, 0.5) is 0 Å². The quantitative estimate of drug-likeness (QED) is 0.633. The zero-order chi connectivity index (χ0) is 14.5. The van der Waals surface area contributed by atoms with E-state index in [0.717, 1.165) is 11.1 Å². The highest BCUT2D eigenvalue weighted by atomic mass is 16.7. The van der Waals surface area contributed by atoms with E-state index in [2.05, 4.69) is 0 Å². The molecule has 0 N–H and O–H groups in total. The van der Waals surface area contributed by atoms with Crippen LogP contribution in [-0.2, 0) is 9.47 Å². The van der Waals surface area contributed by atoms with Crippen LogP contribution in [0.15, 0.2) is 60.7 Å². The Labute approximate surface area is 123 Å². The Kier molecular flexibility index (Phi) is 4.24. The van der Waals surface area contributed by atoms with Crippen LogP contribution in [0.25, 0.3) is 6.08 Å². The Morgan fingerprint density at radius 3 is 2.29 bits per heavy atom. The molecule has 1 fully saturated rings. The molecule has 0 radical (unpaired) electrons. The molecule has 0 aromatic heterocycles. The van der Waals surface area contributed by atoms with Crippen molar-refractivity contribution in [3.05, 3.63) is 77.4 Å². The van der Waals surface area contributed by atoms with E-state index in [-0.39, 0.29) is 12.1 Å². The fourth-order valence-corrected chi connectivity index (χ4v) is 2.19. The highest BCUT2D eigenvalue weighted by Crippen LogP contribution is 2.23. The van der Waals surface area contributed by atoms with Crippen LogP contribution in [0.3, 0.4) is 0 Å². The number of carbonyl (C=O) groups is 1. The molecule has 2 aromatic rings. The number of hydrogen-bond acceptors (Lipinski definition) is 3. The van der Waals surface area contributed by atoms with Gasteiger partial charge in [-0.2, -0.15) is 0 Å². The molecule has 1 aliphatic rings. The Balaban J connectivity index is 1.67. The number of allylic oxidation sites excluding steroid dienone is 1. The van der Waals surface area contributed by atoms with Gasteiger partial charge in [-0.15, -0.1) is 0 Å². The second-order valence-corrected chi connectivity index (χ2v) is 4.80. The molecular weight excluding hydrogens is 264 g/mol. The van der Waals surface area contributed by atoms with Gasteiger partial charge in [-0.05, 0) is 11.6 Å². The third-order valence-corrected chi connectivity index (χ3v) is 3.32. The van der Waals surface area contributed by atoms with Gasteiger partial charge in [-0.25, -0.2) is 0 Å². The highest BCUT2D eigenvalue weighted by molar-refractivity contribution is 6.06. The molecule has 1 aliphatic heterocycles. The molecule has 0 atom stereocenters. The Morgan fingerprint density at radius 2 is 1.62 bits per heavy atom. The van der Waals surface area contributed by atoms with E-state index >= 15 is 0 Å². The number of benzene rings is 2. The third kappa shape index (κ3) is 3.45. The first-order valence-electron chi connectivity index (χ1n) is 6.93. The number of rotatable bonds is 4. The average molecular weight is 280 g/mol. The van der Waals surface area contributed by atoms with Crippen molar-refractivity contribution < 1.29 is 14.3 Å². The molecule has 1 heterocycles. The van der Waals surface area contributed by atoms with E-state index in [1.54, 1.807) is 6.08 Å². The van der Waals surface area contributed by atoms with Crippen molar-refractivity contribution in [3.63, 3.8) is 0 Å². The Hall–Kier alpha value is -2.23. The van der Waals surface area contributed by atoms with Crippen molar-refractivity contribution >= 4 is 11.9 Å². The first-order chi connectivity index (χ1) is 10.3. The first-order valence-corrected chi connectivity index (χ1v) is 6.93. The van der Waals surface area contributed by atoms with Gasteiger partial charge in [0.05, 0.1) is 13.2 Å². The molecule has 106 valence electrons. The second-order valence-electron chi connectivity index (χ2n) is 4.80. The Morgan fingerprint density at radius 1 is 0.952 bits per heavy atom. The monoisotopic (exact) mass is 280 g/mol. The van der Waals surface area contributed by atoms with Crippen LogP contribution in [0.5, 0.6) is 0 Å². The molecule has 0 amide bonds. The summed E-state index contributed by atoms with van der Waals surface area (Å²) in [5, 5.41) is 0. The van der Waals surface area contributed by atoms with Crippen molar-refractivity contribution in [2.75, 3.05) is 13.2 Å². The van der Waals surface area contributed by atoms with E-state index < -0.39 is 0 Å². The summed E-state index contributed by atoms with van der Waals surface area (Å²) in [4.78, 5) is 12.0. The van der Waals surface area contributed by atoms with Gasteiger partial charge in [0, 0.05) is 11.1 Å². The van der Waals surface area contributed by atoms with Gasteiger partial charge in [-0.3, -0.25) is 4.79 Å². The fourth-order valence-electron chi connectivity index (χ4n) is 2.19. The molecule has 1 saturated heterocycles. The van der Waals surface area contributed by atoms with Crippen molar-refractivity contribution in [2.24, 2.45) is 0 Å². The maximum Gasteiger partial charge on any atom is 0.185 e. The van der Waals surface area contributed by atoms with Crippen molar-refractivity contribution in [3.8, 4) is 0 Å². The van der Waals surface area contributed by atoms with Crippen molar-refractivity contribution in [2.45, 2.75) is 6.29 Å². The molecule has 3 nitrogen and oxygen atoms in total. The number of ether oxygens (including phenoxy) is 2. The summed E-state index contributed by atoms with van der Waals surface area (Å²) in [5.41, 5.74) is 2.66. The Bertz CT molecular complexity index is 623. The minimum absolute atomic E-state index is 0.00198. The van der Waals surface area contributed by atoms with Crippen LogP contribution in [0.1, 0.15) is 27.8 Å². The summed E-state index contributed by atoms with van der Waals surface area (Å²) in [7, 11) is 0. The smallest absolute Gasteiger partial charge is 0.185 e.